The van der Waals surface area contributed by atoms with Gasteiger partial charge in [-0.25, -0.2) is 9.18 Å². The van der Waals surface area contributed by atoms with Crippen molar-refractivity contribution >= 4 is 22.5 Å². The van der Waals surface area contributed by atoms with Crippen molar-refractivity contribution in [2.45, 2.75) is 26.3 Å². The number of amides is 2. The van der Waals surface area contributed by atoms with Crippen molar-refractivity contribution < 1.29 is 14.3 Å². The van der Waals surface area contributed by atoms with E-state index < -0.39 is 0 Å². The lowest BCUT2D eigenvalue weighted by Crippen LogP contribution is -2.40. The predicted molar refractivity (Wildman–Crippen MR) is 87.0 cm³/mol. The zero-order valence-corrected chi connectivity index (χ0v) is 13.7. The molecule has 3 N–H and O–H groups in total. The molecule has 2 aromatic rings. The molecule has 0 fully saturated rings. The maximum Gasteiger partial charge on any atom is 0.321 e. The first kappa shape index (κ1) is 17.3. The van der Waals surface area contributed by atoms with E-state index in [0.29, 0.717) is 11.6 Å². The van der Waals surface area contributed by atoms with Gasteiger partial charge in [-0.2, -0.15) is 0 Å². The number of benzene rings is 1. The van der Waals surface area contributed by atoms with Crippen molar-refractivity contribution in [2.24, 2.45) is 5.92 Å². The molecule has 2 rings (SSSR count). The number of anilines is 1. The summed E-state index contributed by atoms with van der Waals surface area (Å²) in [5.74, 6) is -0.319. The van der Waals surface area contributed by atoms with Gasteiger partial charge >= 0.3 is 6.03 Å². The van der Waals surface area contributed by atoms with Crippen LogP contribution in [-0.4, -0.2) is 34.0 Å². The van der Waals surface area contributed by atoms with E-state index in [-0.39, 0.29) is 30.4 Å². The third-order valence-corrected chi connectivity index (χ3v) is 4.29. The standard InChI is InChI=1S/C15H19FN4O2S/c1-9(8-21)10(2)17-14(22)18-15-20-19-13(23-15)7-11-3-5-12(16)6-4-11/h3-6,9-10,21H,7-8H2,1-2H3,(H2,17,18,20,22). The van der Waals surface area contributed by atoms with Gasteiger partial charge in [-0.1, -0.05) is 30.4 Å². The second-order valence-electron chi connectivity index (χ2n) is 5.35. The number of nitrogens with one attached hydrogen (secondary N) is 2. The number of carbonyl (C=O) groups is 1. The summed E-state index contributed by atoms with van der Waals surface area (Å²) < 4.78 is 12.9. The molecule has 23 heavy (non-hydrogen) atoms. The van der Waals surface area contributed by atoms with E-state index >= 15 is 0 Å². The Morgan fingerprint density at radius 3 is 2.65 bits per heavy atom. The molecule has 6 nitrogen and oxygen atoms in total. The van der Waals surface area contributed by atoms with Gasteiger partial charge in [0.05, 0.1) is 0 Å². The van der Waals surface area contributed by atoms with Crippen LogP contribution in [0.25, 0.3) is 0 Å². The number of hydrogen-bond donors (Lipinski definition) is 3. The molecule has 0 saturated heterocycles. The molecule has 1 aromatic heterocycles. The molecule has 0 spiro atoms. The van der Waals surface area contributed by atoms with Crippen molar-refractivity contribution in [1.82, 2.24) is 15.5 Å². The van der Waals surface area contributed by atoms with E-state index in [1.165, 1.54) is 23.5 Å². The lowest BCUT2D eigenvalue weighted by molar-refractivity contribution is 0.204. The molecule has 2 amide bonds. The van der Waals surface area contributed by atoms with Crippen LogP contribution in [0.15, 0.2) is 24.3 Å². The molecule has 0 bridgehead atoms. The lowest BCUT2D eigenvalue weighted by Gasteiger charge is -2.18. The summed E-state index contributed by atoms with van der Waals surface area (Å²) in [6.07, 6.45) is 0.527. The third kappa shape index (κ3) is 5.26. The van der Waals surface area contributed by atoms with Gasteiger partial charge in [-0.05, 0) is 30.5 Å². The Bertz CT molecular complexity index is 647. The van der Waals surface area contributed by atoms with Gasteiger partial charge in [-0.3, -0.25) is 5.32 Å². The second-order valence-corrected chi connectivity index (χ2v) is 6.41. The number of carbonyl (C=O) groups excluding carboxylic acids is 1. The molecular weight excluding hydrogens is 319 g/mol. The van der Waals surface area contributed by atoms with E-state index in [2.05, 4.69) is 20.8 Å². The van der Waals surface area contributed by atoms with Crippen LogP contribution in [-0.2, 0) is 6.42 Å². The maximum atomic E-state index is 12.9. The monoisotopic (exact) mass is 338 g/mol. The zero-order chi connectivity index (χ0) is 16.8. The summed E-state index contributed by atoms with van der Waals surface area (Å²) in [5.41, 5.74) is 0.920. The first-order valence-electron chi connectivity index (χ1n) is 7.23. The van der Waals surface area contributed by atoms with Crippen LogP contribution < -0.4 is 10.6 Å². The van der Waals surface area contributed by atoms with Crippen LogP contribution in [0, 0.1) is 11.7 Å². The van der Waals surface area contributed by atoms with E-state index in [1.807, 2.05) is 13.8 Å². The van der Waals surface area contributed by atoms with Gasteiger partial charge < -0.3 is 10.4 Å². The average molecular weight is 338 g/mol. The fourth-order valence-electron chi connectivity index (χ4n) is 1.79. The average Bonchev–Trinajstić information content (AvgIpc) is 2.95. The van der Waals surface area contributed by atoms with Gasteiger partial charge in [0.1, 0.15) is 10.8 Å². The number of aliphatic hydroxyl groups excluding tert-OH is 1. The maximum absolute atomic E-state index is 12.9. The lowest BCUT2D eigenvalue weighted by atomic mass is 10.1. The molecule has 0 saturated carbocycles. The van der Waals surface area contributed by atoms with E-state index in [4.69, 9.17) is 5.11 Å². The summed E-state index contributed by atoms with van der Waals surface area (Å²) in [7, 11) is 0. The van der Waals surface area contributed by atoms with E-state index in [1.54, 1.807) is 12.1 Å². The summed E-state index contributed by atoms with van der Waals surface area (Å²) in [6.45, 7) is 3.67. The fraction of sp³-hybridized carbons (Fsp3) is 0.400. The molecule has 1 aromatic carbocycles. The largest absolute Gasteiger partial charge is 0.396 e. The Kier molecular flexibility index (Phi) is 6.00. The highest BCUT2D eigenvalue weighted by Crippen LogP contribution is 2.18. The highest BCUT2D eigenvalue weighted by atomic mass is 32.1. The van der Waals surface area contributed by atoms with Crippen molar-refractivity contribution in [2.75, 3.05) is 11.9 Å². The fourth-order valence-corrected chi connectivity index (χ4v) is 2.56. The quantitative estimate of drug-likeness (QED) is 0.755. The number of aromatic nitrogens is 2. The molecular formula is C15H19FN4O2S. The number of urea groups is 1. The van der Waals surface area contributed by atoms with Crippen LogP contribution in [0.5, 0.6) is 0 Å². The van der Waals surface area contributed by atoms with Gasteiger partial charge in [0.25, 0.3) is 0 Å². The second kappa shape index (κ2) is 7.98. The molecule has 124 valence electrons. The molecule has 1 heterocycles. The van der Waals surface area contributed by atoms with Crippen LogP contribution in [0.2, 0.25) is 0 Å². The molecule has 0 aliphatic heterocycles. The normalized spacial score (nSPS) is 13.4. The molecule has 8 heteroatoms. The van der Waals surface area contributed by atoms with Crippen LogP contribution in [0.3, 0.4) is 0 Å². The Morgan fingerprint density at radius 2 is 2.00 bits per heavy atom. The summed E-state index contributed by atoms with van der Waals surface area (Å²) in [6, 6.07) is 5.62. The van der Waals surface area contributed by atoms with Gasteiger partial charge in [0.15, 0.2) is 0 Å². The predicted octanol–water partition coefficient (Wildman–Crippen LogP) is 2.41. The first-order valence-corrected chi connectivity index (χ1v) is 8.04. The van der Waals surface area contributed by atoms with Gasteiger partial charge in [0.2, 0.25) is 5.13 Å². The number of halogens is 1. The third-order valence-electron chi connectivity index (χ3n) is 3.46. The Hall–Kier alpha value is -2.06. The molecule has 0 aliphatic rings. The van der Waals surface area contributed by atoms with Crippen molar-refractivity contribution in [3.05, 3.63) is 40.7 Å². The number of aliphatic hydroxyl groups is 1. The van der Waals surface area contributed by atoms with Crippen molar-refractivity contribution in [1.29, 1.82) is 0 Å². The number of rotatable bonds is 6. The SMILES string of the molecule is CC(CO)C(C)NC(=O)Nc1nnc(Cc2ccc(F)cc2)s1. The summed E-state index contributed by atoms with van der Waals surface area (Å²) in [4.78, 5) is 11.8. The summed E-state index contributed by atoms with van der Waals surface area (Å²) >= 11 is 1.26. The van der Waals surface area contributed by atoms with Crippen LogP contribution in [0.1, 0.15) is 24.4 Å². The number of hydrogen-bond acceptors (Lipinski definition) is 5. The number of nitrogens with zero attached hydrogens (tertiary/aromatic N) is 2. The molecule has 0 aliphatic carbocycles. The highest BCUT2D eigenvalue weighted by Gasteiger charge is 2.15. The first-order chi connectivity index (χ1) is 11.0. The minimum Gasteiger partial charge on any atom is -0.396 e. The molecule has 2 atom stereocenters. The topological polar surface area (TPSA) is 87.1 Å². The Labute approximate surface area is 137 Å². The minimum absolute atomic E-state index is 0.00206. The van der Waals surface area contributed by atoms with Crippen LogP contribution >= 0.6 is 11.3 Å². The molecule has 2 unspecified atom stereocenters. The smallest absolute Gasteiger partial charge is 0.321 e. The molecule has 0 radical (unpaired) electrons. The highest BCUT2D eigenvalue weighted by molar-refractivity contribution is 7.15. The van der Waals surface area contributed by atoms with Crippen molar-refractivity contribution in [3.8, 4) is 0 Å². The van der Waals surface area contributed by atoms with E-state index in [9.17, 15) is 9.18 Å². The summed E-state index contributed by atoms with van der Waals surface area (Å²) in [5, 5.41) is 23.4. The van der Waals surface area contributed by atoms with Crippen LogP contribution in [0.4, 0.5) is 14.3 Å². The Morgan fingerprint density at radius 1 is 1.30 bits per heavy atom. The Balaban J connectivity index is 1.89. The van der Waals surface area contributed by atoms with Gasteiger partial charge in [-0.15, -0.1) is 10.2 Å². The van der Waals surface area contributed by atoms with E-state index in [0.717, 1.165) is 10.6 Å². The zero-order valence-electron chi connectivity index (χ0n) is 12.9. The van der Waals surface area contributed by atoms with Crippen molar-refractivity contribution in [3.63, 3.8) is 0 Å². The van der Waals surface area contributed by atoms with Gasteiger partial charge in [0, 0.05) is 19.1 Å². The minimum atomic E-state index is -0.387.